The quantitative estimate of drug-likeness (QED) is 0.911. The van der Waals surface area contributed by atoms with Crippen molar-refractivity contribution in [3.05, 3.63) is 54.1 Å². The minimum atomic E-state index is -0.222. The zero-order valence-corrected chi connectivity index (χ0v) is 13.5. The Morgan fingerprint density at radius 1 is 1.08 bits per heavy atom. The molecule has 0 saturated carbocycles. The highest BCUT2D eigenvalue weighted by Gasteiger charge is 2.27. The first-order chi connectivity index (χ1) is 11.8. The Labute approximate surface area is 141 Å². The van der Waals surface area contributed by atoms with Crippen molar-refractivity contribution in [3.63, 3.8) is 0 Å². The molecule has 1 atom stereocenters. The zero-order valence-electron chi connectivity index (χ0n) is 13.5. The van der Waals surface area contributed by atoms with Gasteiger partial charge in [-0.1, -0.05) is 30.3 Å². The summed E-state index contributed by atoms with van der Waals surface area (Å²) in [4.78, 5) is 15.0. The molecule has 2 aromatic carbocycles. The van der Waals surface area contributed by atoms with Crippen LogP contribution in [0.4, 0.5) is 17.1 Å². The lowest BCUT2D eigenvalue weighted by Crippen LogP contribution is -2.37. The Balaban J connectivity index is 1.49. The van der Waals surface area contributed by atoms with E-state index in [0.717, 1.165) is 49.8 Å². The normalized spacial score (nSPS) is 19.5. The molecule has 2 aromatic rings. The molecular formula is C19H21N3O2. The Kier molecular flexibility index (Phi) is 4.09. The summed E-state index contributed by atoms with van der Waals surface area (Å²) in [6.07, 6.45) is 0.724. The molecule has 0 aromatic heterocycles. The topological polar surface area (TPSA) is 53.6 Å². The van der Waals surface area contributed by atoms with E-state index in [-0.39, 0.29) is 11.9 Å². The summed E-state index contributed by atoms with van der Waals surface area (Å²) in [6.45, 7) is 3.14. The average molecular weight is 323 g/mol. The van der Waals surface area contributed by atoms with Crippen molar-refractivity contribution in [3.8, 4) is 0 Å². The SMILES string of the molecule is O=C(Nc1ccccc1N1CCOCC1)C1Cc2ccccc2N1. The maximum absolute atomic E-state index is 12.7. The molecular weight excluding hydrogens is 302 g/mol. The fourth-order valence-electron chi connectivity index (χ4n) is 3.34. The first-order valence-electron chi connectivity index (χ1n) is 8.38. The molecule has 2 aliphatic rings. The number of rotatable bonds is 3. The van der Waals surface area contributed by atoms with Crippen molar-refractivity contribution < 1.29 is 9.53 Å². The summed E-state index contributed by atoms with van der Waals surface area (Å²) in [5, 5.41) is 6.41. The van der Waals surface area contributed by atoms with E-state index in [2.05, 4.69) is 27.7 Å². The van der Waals surface area contributed by atoms with E-state index in [9.17, 15) is 4.79 Å². The number of nitrogens with zero attached hydrogens (tertiary/aromatic N) is 1. The number of anilines is 3. The number of fused-ring (bicyclic) bond motifs is 1. The van der Waals surface area contributed by atoms with E-state index in [1.807, 2.05) is 36.4 Å². The number of hydrogen-bond acceptors (Lipinski definition) is 4. The summed E-state index contributed by atoms with van der Waals surface area (Å²) in [5.74, 6) is 0.00640. The van der Waals surface area contributed by atoms with Crippen LogP contribution in [0.3, 0.4) is 0 Å². The fraction of sp³-hybridized carbons (Fsp3) is 0.316. The Bertz CT molecular complexity index is 716. The van der Waals surface area contributed by atoms with E-state index < -0.39 is 0 Å². The summed E-state index contributed by atoms with van der Waals surface area (Å²) >= 11 is 0. The number of carbonyl (C=O) groups is 1. The highest BCUT2D eigenvalue weighted by Crippen LogP contribution is 2.29. The Morgan fingerprint density at radius 3 is 2.67 bits per heavy atom. The largest absolute Gasteiger partial charge is 0.378 e. The molecule has 0 bridgehead atoms. The molecule has 0 spiro atoms. The number of nitrogens with one attached hydrogen (secondary N) is 2. The van der Waals surface area contributed by atoms with Gasteiger partial charge in [0, 0.05) is 25.2 Å². The van der Waals surface area contributed by atoms with E-state index in [1.54, 1.807) is 0 Å². The van der Waals surface area contributed by atoms with Gasteiger partial charge in [0.1, 0.15) is 6.04 Å². The third-order valence-electron chi connectivity index (χ3n) is 4.60. The molecule has 0 radical (unpaired) electrons. The lowest BCUT2D eigenvalue weighted by Gasteiger charge is -2.30. The minimum absolute atomic E-state index is 0.00640. The smallest absolute Gasteiger partial charge is 0.247 e. The van der Waals surface area contributed by atoms with Crippen LogP contribution in [0.1, 0.15) is 5.56 Å². The van der Waals surface area contributed by atoms with Crippen LogP contribution in [0.2, 0.25) is 0 Å². The maximum Gasteiger partial charge on any atom is 0.247 e. The van der Waals surface area contributed by atoms with Gasteiger partial charge in [0.25, 0.3) is 0 Å². The van der Waals surface area contributed by atoms with Crippen molar-refractivity contribution in [2.45, 2.75) is 12.5 Å². The second-order valence-electron chi connectivity index (χ2n) is 6.16. The predicted molar refractivity (Wildman–Crippen MR) is 95.7 cm³/mol. The number of amides is 1. The third kappa shape index (κ3) is 2.95. The number of para-hydroxylation sites is 3. The van der Waals surface area contributed by atoms with E-state index in [0.29, 0.717) is 0 Å². The van der Waals surface area contributed by atoms with Crippen LogP contribution in [-0.4, -0.2) is 38.3 Å². The zero-order chi connectivity index (χ0) is 16.4. The van der Waals surface area contributed by atoms with Crippen molar-refractivity contribution in [2.75, 3.05) is 41.8 Å². The van der Waals surface area contributed by atoms with Crippen molar-refractivity contribution in [1.29, 1.82) is 0 Å². The van der Waals surface area contributed by atoms with E-state index >= 15 is 0 Å². The van der Waals surface area contributed by atoms with Crippen LogP contribution < -0.4 is 15.5 Å². The molecule has 24 heavy (non-hydrogen) atoms. The van der Waals surface area contributed by atoms with Crippen LogP contribution in [0.5, 0.6) is 0 Å². The monoisotopic (exact) mass is 323 g/mol. The standard InChI is InChI=1S/C19H21N3O2/c23-19(17-13-14-5-1-2-6-15(14)20-17)21-16-7-3-4-8-18(16)22-9-11-24-12-10-22/h1-8,17,20H,9-13H2,(H,21,23). The fourth-order valence-corrected chi connectivity index (χ4v) is 3.34. The first-order valence-corrected chi connectivity index (χ1v) is 8.38. The van der Waals surface area contributed by atoms with Gasteiger partial charge in [0.05, 0.1) is 24.6 Å². The van der Waals surface area contributed by atoms with Crippen molar-refractivity contribution in [1.82, 2.24) is 0 Å². The average Bonchev–Trinajstić information content (AvgIpc) is 3.07. The Morgan fingerprint density at radius 2 is 1.83 bits per heavy atom. The Hall–Kier alpha value is -2.53. The second-order valence-corrected chi connectivity index (χ2v) is 6.16. The summed E-state index contributed by atoms with van der Waals surface area (Å²) in [5.41, 5.74) is 4.17. The van der Waals surface area contributed by atoms with E-state index in [4.69, 9.17) is 4.74 Å². The van der Waals surface area contributed by atoms with Gasteiger partial charge >= 0.3 is 0 Å². The lowest BCUT2D eigenvalue weighted by molar-refractivity contribution is -0.116. The molecule has 1 amide bonds. The van der Waals surface area contributed by atoms with Crippen LogP contribution in [0.15, 0.2) is 48.5 Å². The van der Waals surface area contributed by atoms with Crippen LogP contribution >= 0.6 is 0 Å². The van der Waals surface area contributed by atoms with E-state index in [1.165, 1.54) is 5.56 Å². The predicted octanol–water partition coefficient (Wildman–Crippen LogP) is 2.50. The molecule has 2 aliphatic heterocycles. The molecule has 0 aliphatic carbocycles. The molecule has 5 heteroatoms. The molecule has 124 valence electrons. The number of morpholine rings is 1. The number of ether oxygens (including phenoxy) is 1. The van der Waals surface area contributed by atoms with Gasteiger partial charge in [-0.2, -0.15) is 0 Å². The summed E-state index contributed by atoms with van der Waals surface area (Å²) in [7, 11) is 0. The van der Waals surface area contributed by atoms with Gasteiger partial charge in [0.2, 0.25) is 5.91 Å². The summed E-state index contributed by atoms with van der Waals surface area (Å²) in [6, 6.07) is 15.8. The third-order valence-corrected chi connectivity index (χ3v) is 4.60. The van der Waals surface area contributed by atoms with Gasteiger partial charge in [-0.3, -0.25) is 4.79 Å². The molecule has 1 unspecified atom stereocenters. The van der Waals surface area contributed by atoms with Gasteiger partial charge in [-0.25, -0.2) is 0 Å². The molecule has 2 N–H and O–H groups in total. The second kappa shape index (κ2) is 6.53. The highest BCUT2D eigenvalue weighted by atomic mass is 16.5. The van der Waals surface area contributed by atoms with Gasteiger partial charge in [-0.15, -0.1) is 0 Å². The number of carbonyl (C=O) groups excluding carboxylic acids is 1. The molecule has 2 heterocycles. The van der Waals surface area contributed by atoms with Crippen LogP contribution in [0.25, 0.3) is 0 Å². The molecule has 5 nitrogen and oxygen atoms in total. The van der Waals surface area contributed by atoms with Crippen molar-refractivity contribution in [2.24, 2.45) is 0 Å². The number of hydrogen-bond donors (Lipinski definition) is 2. The lowest BCUT2D eigenvalue weighted by atomic mass is 10.1. The van der Waals surface area contributed by atoms with Crippen molar-refractivity contribution >= 4 is 23.0 Å². The van der Waals surface area contributed by atoms with Gasteiger partial charge in [-0.05, 0) is 23.8 Å². The van der Waals surface area contributed by atoms with Gasteiger partial charge < -0.3 is 20.3 Å². The maximum atomic E-state index is 12.7. The molecule has 1 fully saturated rings. The van der Waals surface area contributed by atoms with Gasteiger partial charge in [0.15, 0.2) is 0 Å². The van der Waals surface area contributed by atoms with Crippen LogP contribution in [0, 0.1) is 0 Å². The van der Waals surface area contributed by atoms with Crippen LogP contribution in [-0.2, 0) is 16.0 Å². The highest BCUT2D eigenvalue weighted by molar-refractivity contribution is 6.00. The minimum Gasteiger partial charge on any atom is -0.378 e. The molecule has 4 rings (SSSR count). The summed E-state index contributed by atoms with van der Waals surface area (Å²) < 4.78 is 5.42. The first kappa shape index (κ1) is 15.0. The molecule has 1 saturated heterocycles. The number of benzene rings is 2.